The van der Waals surface area contributed by atoms with Crippen LogP contribution in [0.15, 0.2) is 35.3 Å². The highest BCUT2D eigenvalue weighted by Crippen LogP contribution is 2.33. The molecule has 2 unspecified atom stereocenters. The molecule has 0 spiro atoms. The van der Waals surface area contributed by atoms with Crippen LogP contribution in [0.1, 0.15) is 38.7 Å². The number of benzene rings is 1. The molecule has 1 saturated heterocycles. The van der Waals surface area contributed by atoms with E-state index in [4.69, 9.17) is 9.98 Å². The van der Waals surface area contributed by atoms with Gasteiger partial charge in [0.1, 0.15) is 5.82 Å². The third-order valence-corrected chi connectivity index (χ3v) is 5.98. The number of guanidine groups is 1. The van der Waals surface area contributed by atoms with Crippen LogP contribution >= 0.6 is 24.0 Å². The van der Waals surface area contributed by atoms with Gasteiger partial charge in [0.25, 0.3) is 0 Å². The summed E-state index contributed by atoms with van der Waals surface area (Å²) in [6, 6.07) is 12.4. The Morgan fingerprint density at radius 1 is 1.27 bits per heavy atom. The third-order valence-electron chi connectivity index (χ3n) is 5.98. The first-order valence-corrected chi connectivity index (χ1v) is 10.9. The molecule has 2 aromatic rings. The monoisotopic (exact) mass is 522 g/mol. The fourth-order valence-corrected chi connectivity index (χ4v) is 4.35. The van der Waals surface area contributed by atoms with Crippen molar-refractivity contribution in [2.45, 2.75) is 57.8 Å². The molecule has 2 fully saturated rings. The maximum atomic E-state index is 4.94. The molecule has 1 aliphatic heterocycles. The summed E-state index contributed by atoms with van der Waals surface area (Å²) in [5.74, 6) is 1.88. The van der Waals surface area contributed by atoms with Gasteiger partial charge in [0, 0.05) is 50.7 Å². The van der Waals surface area contributed by atoms with E-state index in [0.717, 1.165) is 36.4 Å². The van der Waals surface area contributed by atoms with E-state index in [1.807, 2.05) is 20.2 Å². The van der Waals surface area contributed by atoms with Crippen LogP contribution in [0.2, 0.25) is 0 Å². The Kier molecular flexibility index (Phi) is 7.79. The number of pyridine rings is 1. The lowest BCUT2D eigenvalue weighted by molar-refractivity contribution is 0.256. The zero-order chi connectivity index (χ0) is 20.4. The van der Waals surface area contributed by atoms with E-state index in [9.17, 15) is 0 Å². The Labute approximate surface area is 197 Å². The van der Waals surface area contributed by atoms with Gasteiger partial charge in [-0.25, -0.2) is 9.98 Å². The molecule has 2 atom stereocenters. The molecule has 2 heterocycles. The Bertz CT molecular complexity index is 879. The van der Waals surface area contributed by atoms with Crippen molar-refractivity contribution in [1.29, 1.82) is 0 Å². The molecule has 164 valence electrons. The van der Waals surface area contributed by atoms with Crippen molar-refractivity contribution in [3.8, 4) is 0 Å². The zero-order valence-corrected chi connectivity index (χ0v) is 20.9. The van der Waals surface area contributed by atoms with Gasteiger partial charge < -0.3 is 15.5 Å². The number of nitrogens with one attached hydrogen (secondary N) is 2. The predicted molar refractivity (Wildman–Crippen MR) is 137 cm³/mol. The minimum Gasteiger partial charge on any atom is -0.363 e. The average molecular weight is 522 g/mol. The fourth-order valence-electron chi connectivity index (χ4n) is 4.35. The Balaban J connectivity index is 0.00000256. The Morgan fingerprint density at radius 3 is 2.73 bits per heavy atom. The van der Waals surface area contributed by atoms with Crippen molar-refractivity contribution in [2.75, 3.05) is 32.1 Å². The number of aliphatic imine (C=N–C) groups is 1. The lowest BCUT2D eigenvalue weighted by atomic mass is 10.1. The summed E-state index contributed by atoms with van der Waals surface area (Å²) in [4.78, 5) is 14.4. The Hall–Kier alpha value is -1.61. The second-order valence-electron chi connectivity index (χ2n) is 8.60. The number of hydrogen-bond acceptors (Lipinski definition) is 4. The van der Waals surface area contributed by atoms with Gasteiger partial charge in [0.2, 0.25) is 0 Å². The largest absolute Gasteiger partial charge is 0.363 e. The van der Waals surface area contributed by atoms with Crippen LogP contribution in [-0.4, -0.2) is 61.2 Å². The molecule has 4 rings (SSSR count). The molecule has 1 aromatic carbocycles. The molecule has 2 N–H and O–H groups in total. The standard InChI is InChI=1S/C23H34N6.HI/c1-5-24-23(26-18-12-16(2)29(15-18)19-10-11-19)25-14-17-13-22(28(3)4)27-21-9-7-6-8-20(17)21;/h6-9,13,16,18-19H,5,10-12,14-15H2,1-4H3,(H2,24,25,26);1H. The van der Waals surface area contributed by atoms with Gasteiger partial charge in [-0.15, -0.1) is 24.0 Å². The first-order valence-electron chi connectivity index (χ1n) is 10.9. The van der Waals surface area contributed by atoms with E-state index in [-0.39, 0.29) is 24.0 Å². The van der Waals surface area contributed by atoms with Crippen molar-refractivity contribution in [3.05, 3.63) is 35.9 Å². The van der Waals surface area contributed by atoms with Gasteiger partial charge in [-0.2, -0.15) is 0 Å². The minimum absolute atomic E-state index is 0. The highest BCUT2D eigenvalue weighted by atomic mass is 127. The van der Waals surface area contributed by atoms with Gasteiger partial charge in [-0.3, -0.25) is 4.90 Å². The lowest BCUT2D eigenvalue weighted by Crippen LogP contribution is -2.44. The number of halogens is 1. The van der Waals surface area contributed by atoms with Crippen LogP contribution in [0.4, 0.5) is 5.82 Å². The number of fused-ring (bicyclic) bond motifs is 1. The molecule has 1 saturated carbocycles. The maximum absolute atomic E-state index is 4.94. The molecule has 0 radical (unpaired) electrons. The first-order chi connectivity index (χ1) is 14.0. The number of hydrogen-bond donors (Lipinski definition) is 2. The quantitative estimate of drug-likeness (QED) is 0.345. The summed E-state index contributed by atoms with van der Waals surface area (Å²) < 4.78 is 0. The minimum atomic E-state index is 0. The third kappa shape index (κ3) is 5.35. The normalized spacial score (nSPS) is 22.1. The van der Waals surface area contributed by atoms with Crippen molar-refractivity contribution >= 4 is 46.7 Å². The summed E-state index contributed by atoms with van der Waals surface area (Å²) >= 11 is 0. The molecule has 2 aliphatic rings. The number of rotatable bonds is 6. The van der Waals surface area contributed by atoms with E-state index in [0.29, 0.717) is 18.6 Å². The van der Waals surface area contributed by atoms with E-state index >= 15 is 0 Å². The van der Waals surface area contributed by atoms with Gasteiger partial charge in [0.15, 0.2) is 5.96 Å². The van der Waals surface area contributed by atoms with Crippen LogP contribution in [0.3, 0.4) is 0 Å². The fraction of sp³-hybridized carbons (Fsp3) is 0.565. The number of para-hydroxylation sites is 1. The van der Waals surface area contributed by atoms with Crippen molar-refractivity contribution in [3.63, 3.8) is 0 Å². The van der Waals surface area contributed by atoms with Gasteiger partial charge in [0.05, 0.1) is 12.1 Å². The number of aromatic nitrogens is 1. The van der Waals surface area contributed by atoms with E-state index in [1.165, 1.54) is 30.2 Å². The number of likely N-dealkylation sites (tertiary alicyclic amines) is 1. The molecule has 0 amide bonds. The predicted octanol–water partition coefficient (Wildman–Crippen LogP) is 3.60. The molecule has 6 nitrogen and oxygen atoms in total. The lowest BCUT2D eigenvalue weighted by Gasteiger charge is -2.20. The molecule has 1 aliphatic carbocycles. The summed E-state index contributed by atoms with van der Waals surface area (Å²) in [6.45, 7) is 7.10. The van der Waals surface area contributed by atoms with E-state index in [2.05, 4.69) is 58.5 Å². The topological polar surface area (TPSA) is 55.8 Å². The molecule has 30 heavy (non-hydrogen) atoms. The molecule has 0 bridgehead atoms. The second-order valence-corrected chi connectivity index (χ2v) is 8.60. The van der Waals surface area contributed by atoms with E-state index < -0.39 is 0 Å². The highest BCUT2D eigenvalue weighted by Gasteiger charge is 2.38. The van der Waals surface area contributed by atoms with Crippen molar-refractivity contribution in [2.24, 2.45) is 4.99 Å². The second kappa shape index (κ2) is 10.1. The average Bonchev–Trinajstić information content (AvgIpc) is 3.48. The van der Waals surface area contributed by atoms with Crippen molar-refractivity contribution in [1.82, 2.24) is 20.5 Å². The van der Waals surface area contributed by atoms with Crippen molar-refractivity contribution < 1.29 is 0 Å². The molecular weight excluding hydrogens is 487 g/mol. The van der Waals surface area contributed by atoms with Crippen LogP contribution in [0.25, 0.3) is 10.9 Å². The molecular formula is C23H35IN6. The molecule has 1 aromatic heterocycles. The van der Waals surface area contributed by atoms with Crippen LogP contribution < -0.4 is 15.5 Å². The SMILES string of the molecule is CCNC(=NCc1cc(N(C)C)nc2ccccc12)NC1CC(C)N(C2CC2)C1.I. The van der Waals surface area contributed by atoms with Crippen LogP contribution in [-0.2, 0) is 6.54 Å². The van der Waals surface area contributed by atoms with Gasteiger partial charge >= 0.3 is 0 Å². The summed E-state index contributed by atoms with van der Waals surface area (Å²) in [5, 5.41) is 8.29. The number of nitrogens with zero attached hydrogens (tertiary/aromatic N) is 4. The van der Waals surface area contributed by atoms with Gasteiger partial charge in [-0.1, -0.05) is 18.2 Å². The smallest absolute Gasteiger partial charge is 0.191 e. The number of anilines is 1. The summed E-state index contributed by atoms with van der Waals surface area (Å²) in [6.07, 6.45) is 3.92. The zero-order valence-electron chi connectivity index (χ0n) is 18.6. The van der Waals surface area contributed by atoms with E-state index in [1.54, 1.807) is 0 Å². The first kappa shape index (κ1) is 23.1. The Morgan fingerprint density at radius 2 is 2.03 bits per heavy atom. The van der Waals surface area contributed by atoms with Crippen LogP contribution in [0, 0.1) is 0 Å². The summed E-state index contributed by atoms with van der Waals surface area (Å²) in [7, 11) is 4.06. The summed E-state index contributed by atoms with van der Waals surface area (Å²) in [5.41, 5.74) is 2.22. The molecule has 7 heteroatoms. The highest BCUT2D eigenvalue weighted by molar-refractivity contribution is 14.0. The van der Waals surface area contributed by atoms with Crippen LogP contribution in [0.5, 0.6) is 0 Å². The van der Waals surface area contributed by atoms with Gasteiger partial charge in [-0.05, 0) is 50.8 Å². The maximum Gasteiger partial charge on any atom is 0.191 e.